The Balaban J connectivity index is 1.30. The van der Waals surface area contributed by atoms with Crippen LogP contribution in [-0.2, 0) is 7.05 Å². The second-order valence-corrected chi connectivity index (χ2v) is 9.14. The van der Waals surface area contributed by atoms with Crippen LogP contribution in [0.3, 0.4) is 0 Å². The SMILES string of the molecule is Cc1cc(Oc2cccc(F)c2F)ccc1-n1ncc(C(=O)c2cc3c(-c4cnn(C)c4)cccc3[nH]2)c1N. The number of H-pyrrole nitrogens is 1. The van der Waals surface area contributed by atoms with E-state index in [1.165, 1.54) is 23.0 Å². The van der Waals surface area contributed by atoms with Crippen LogP contribution in [0.5, 0.6) is 11.5 Å². The molecule has 3 aromatic heterocycles. The van der Waals surface area contributed by atoms with Gasteiger partial charge in [0.1, 0.15) is 11.6 Å². The van der Waals surface area contributed by atoms with E-state index in [-0.39, 0.29) is 22.9 Å². The lowest BCUT2D eigenvalue weighted by Gasteiger charge is -2.12. The molecule has 3 aromatic carbocycles. The van der Waals surface area contributed by atoms with Crippen molar-refractivity contribution in [3.05, 3.63) is 108 Å². The van der Waals surface area contributed by atoms with E-state index < -0.39 is 11.6 Å². The predicted octanol–water partition coefficient (Wildman–Crippen LogP) is 5.95. The summed E-state index contributed by atoms with van der Waals surface area (Å²) in [4.78, 5) is 16.7. The number of nitrogens with two attached hydrogens (primary N) is 1. The van der Waals surface area contributed by atoms with Crippen LogP contribution in [0.4, 0.5) is 14.6 Å². The first kappa shape index (κ1) is 24.1. The molecule has 6 aromatic rings. The predicted molar refractivity (Wildman–Crippen MR) is 143 cm³/mol. The number of ketones is 1. The van der Waals surface area contributed by atoms with Gasteiger partial charge in [-0.15, -0.1) is 0 Å². The van der Waals surface area contributed by atoms with Crippen LogP contribution >= 0.6 is 0 Å². The van der Waals surface area contributed by atoms with Crippen molar-refractivity contribution in [3.63, 3.8) is 0 Å². The first-order valence-corrected chi connectivity index (χ1v) is 12.0. The number of aromatic nitrogens is 5. The molecule has 3 heterocycles. The Morgan fingerprint density at radius 3 is 2.62 bits per heavy atom. The zero-order valence-corrected chi connectivity index (χ0v) is 20.9. The first-order chi connectivity index (χ1) is 18.8. The van der Waals surface area contributed by atoms with Crippen molar-refractivity contribution in [2.75, 3.05) is 5.73 Å². The summed E-state index contributed by atoms with van der Waals surface area (Å²) in [5.41, 5.74) is 11.0. The Labute approximate surface area is 221 Å². The number of nitrogens with one attached hydrogen (secondary N) is 1. The fraction of sp³-hybridized carbons (Fsp3) is 0.0690. The van der Waals surface area contributed by atoms with Crippen LogP contribution in [0, 0.1) is 18.6 Å². The number of aromatic amines is 1. The number of benzene rings is 3. The van der Waals surface area contributed by atoms with Crippen LogP contribution in [0.1, 0.15) is 21.6 Å². The number of aryl methyl sites for hydroxylation is 2. The molecule has 0 spiro atoms. The number of nitrogen functional groups attached to an aromatic ring is 1. The molecule has 0 saturated heterocycles. The Hall–Kier alpha value is -5.25. The van der Waals surface area contributed by atoms with E-state index in [1.807, 2.05) is 31.4 Å². The summed E-state index contributed by atoms with van der Waals surface area (Å²) in [5, 5.41) is 9.49. The highest BCUT2D eigenvalue weighted by Crippen LogP contribution is 2.32. The quantitative estimate of drug-likeness (QED) is 0.262. The van der Waals surface area contributed by atoms with E-state index in [1.54, 1.807) is 42.1 Å². The Kier molecular flexibility index (Phi) is 5.72. The van der Waals surface area contributed by atoms with Crippen LogP contribution in [0.15, 0.2) is 79.3 Å². The molecule has 0 radical (unpaired) electrons. The third-order valence-electron chi connectivity index (χ3n) is 6.52. The van der Waals surface area contributed by atoms with E-state index >= 15 is 0 Å². The van der Waals surface area contributed by atoms with Gasteiger partial charge >= 0.3 is 0 Å². The third-order valence-corrected chi connectivity index (χ3v) is 6.52. The van der Waals surface area contributed by atoms with Gasteiger partial charge in [-0.1, -0.05) is 18.2 Å². The van der Waals surface area contributed by atoms with Gasteiger partial charge in [-0.3, -0.25) is 9.48 Å². The maximum Gasteiger partial charge on any atom is 0.214 e. The summed E-state index contributed by atoms with van der Waals surface area (Å²) in [6.45, 7) is 1.80. The number of fused-ring (bicyclic) bond motifs is 1. The highest BCUT2D eigenvalue weighted by molar-refractivity contribution is 6.13. The maximum atomic E-state index is 14.0. The third kappa shape index (κ3) is 4.21. The first-order valence-electron chi connectivity index (χ1n) is 12.0. The Morgan fingerprint density at radius 1 is 1.03 bits per heavy atom. The van der Waals surface area contributed by atoms with Crippen LogP contribution in [0.25, 0.3) is 27.7 Å². The maximum absolute atomic E-state index is 14.0. The number of ether oxygens (including phenoxy) is 1. The highest BCUT2D eigenvalue weighted by atomic mass is 19.2. The molecule has 39 heavy (non-hydrogen) atoms. The summed E-state index contributed by atoms with van der Waals surface area (Å²) in [5.74, 6) is -2.11. The van der Waals surface area contributed by atoms with Crippen molar-refractivity contribution in [1.82, 2.24) is 24.5 Å². The molecule has 6 rings (SSSR count). The van der Waals surface area contributed by atoms with Crippen molar-refractivity contribution in [2.24, 2.45) is 7.05 Å². The fourth-order valence-corrected chi connectivity index (χ4v) is 4.58. The minimum atomic E-state index is -1.07. The van der Waals surface area contributed by atoms with Gasteiger partial charge in [0.15, 0.2) is 11.6 Å². The van der Waals surface area contributed by atoms with E-state index in [2.05, 4.69) is 15.2 Å². The summed E-state index contributed by atoms with van der Waals surface area (Å²) in [6, 6.07) is 16.3. The van der Waals surface area contributed by atoms with E-state index in [0.717, 1.165) is 28.1 Å². The zero-order valence-electron chi connectivity index (χ0n) is 20.9. The summed E-state index contributed by atoms with van der Waals surface area (Å²) in [6.07, 6.45) is 5.12. The van der Waals surface area contributed by atoms with Crippen LogP contribution in [0.2, 0.25) is 0 Å². The number of anilines is 1. The molecule has 3 N–H and O–H groups in total. The van der Waals surface area contributed by atoms with Crippen molar-refractivity contribution >= 4 is 22.5 Å². The number of carbonyl (C=O) groups is 1. The highest BCUT2D eigenvalue weighted by Gasteiger charge is 2.21. The molecule has 0 atom stereocenters. The zero-order chi connectivity index (χ0) is 27.3. The Morgan fingerprint density at radius 2 is 1.85 bits per heavy atom. The molecule has 0 unspecified atom stereocenters. The van der Waals surface area contributed by atoms with Gasteiger partial charge in [-0.05, 0) is 60.5 Å². The van der Waals surface area contributed by atoms with E-state index in [9.17, 15) is 13.6 Å². The van der Waals surface area contributed by atoms with Crippen molar-refractivity contribution in [2.45, 2.75) is 6.92 Å². The molecule has 194 valence electrons. The second kappa shape index (κ2) is 9.25. The molecule has 0 saturated carbocycles. The normalized spacial score (nSPS) is 11.3. The molecule has 0 amide bonds. The average Bonchev–Trinajstić information content (AvgIpc) is 3.65. The molecular formula is C29H22F2N6O2. The lowest BCUT2D eigenvalue weighted by atomic mass is 10.0. The van der Waals surface area contributed by atoms with Gasteiger partial charge in [-0.25, -0.2) is 9.07 Å². The number of halogens is 2. The molecule has 0 fully saturated rings. The van der Waals surface area contributed by atoms with Crippen LogP contribution in [-0.4, -0.2) is 30.3 Å². The lowest BCUT2D eigenvalue weighted by Crippen LogP contribution is -2.08. The monoisotopic (exact) mass is 524 g/mol. The molecule has 0 aliphatic carbocycles. The molecule has 0 bridgehead atoms. The van der Waals surface area contributed by atoms with Crippen molar-refractivity contribution in [3.8, 4) is 28.3 Å². The molecule has 0 aliphatic heterocycles. The second-order valence-electron chi connectivity index (χ2n) is 9.14. The number of hydrogen-bond acceptors (Lipinski definition) is 5. The van der Waals surface area contributed by atoms with Gasteiger partial charge in [0, 0.05) is 29.7 Å². The molecular weight excluding hydrogens is 502 g/mol. The van der Waals surface area contributed by atoms with Crippen molar-refractivity contribution in [1.29, 1.82) is 0 Å². The average molecular weight is 525 g/mol. The van der Waals surface area contributed by atoms with Gasteiger partial charge in [0.25, 0.3) is 0 Å². The minimum Gasteiger partial charge on any atom is -0.454 e. The largest absolute Gasteiger partial charge is 0.454 e. The van der Waals surface area contributed by atoms with Crippen molar-refractivity contribution < 1.29 is 18.3 Å². The summed E-state index contributed by atoms with van der Waals surface area (Å²) < 4.78 is 36.2. The number of carbonyl (C=O) groups excluding carboxylic acids is 1. The van der Waals surface area contributed by atoms with Crippen LogP contribution < -0.4 is 10.5 Å². The summed E-state index contributed by atoms with van der Waals surface area (Å²) in [7, 11) is 1.85. The Bertz CT molecular complexity index is 1880. The number of nitrogens with zero attached hydrogens (tertiary/aromatic N) is 4. The smallest absolute Gasteiger partial charge is 0.214 e. The van der Waals surface area contributed by atoms with Gasteiger partial charge < -0.3 is 15.5 Å². The van der Waals surface area contributed by atoms with E-state index in [4.69, 9.17) is 10.5 Å². The standard InChI is InChI=1S/C29H22F2N6O2/c1-16-11-18(39-26-8-4-6-22(30)27(26)31)9-10-25(16)37-29(32)21(14-34-37)28(38)24-12-20-19(5-3-7-23(20)35-24)17-13-33-36(2)15-17/h3-15,35H,32H2,1-2H3. The topological polar surface area (TPSA) is 104 Å². The van der Waals surface area contributed by atoms with Gasteiger partial charge in [0.2, 0.25) is 11.6 Å². The lowest BCUT2D eigenvalue weighted by molar-refractivity contribution is 0.103. The molecule has 10 heteroatoms. The number of rotatable bonds is 6. The van der Waals surface area contributed by atoms with Gasteiger partial charge in [-0.2, -0.15) is 14.6 Å². The minimum absolute atomic E-state index is 0.166. The number of hydrogen-bond donors (Lipinski definition) is 2. The fourth-order valence-electron chi connectivity index (χ4n) is 4.58. The summed E-state index contributed by atoms with van der Waals surface area (Å²) >= 11 is 0. The van der Waals surface area contributed by atoms with E-state index in [0.29, 0.717) is 22.7 Å². The van der Waals surface area contributed by atoms with Gasteiger partial charge in [0.05, 0.1) is 29.3 Å². The molecule has 0 aliphatic rings. The molecule has 8 nitrogen and oxygen atoms in total.